The van der Waals surface area contributed by atoms with Crippen molar-refractivity contribution in [1.29, 1.82) is 0 Å². The van der Waals surface area contributed by atoms with Gasteiger partial charge >= 0.3 is 5.97 Å². The van der Waals surface area contributed by atoms with Crippen molar-refractivity contribution in [2.75, 3.05) is 20.2 Å². The lowest BCUT2D eigenvalue weighted by molar-refractivity contribution is -0.136. The lowest BCUT2D eigenvalue weighted by atomic mass is 9.84. The monoisotopic (exact) mass is 275 g/mol. The molecular formula is C17H25NO2. The van der Waals surface area contributed by atoms with E-state index in [0.717, 1.165) is 12.1 Å². The van der Waals surface area contributed by atoms with Crippen molar-refractivity contribution in [3.8, 4) is 0 Å². The van der Waals surface area contributed by atoms with Crippen LogP contribution in [0.4, 0.5) is 0 Å². The Morgan fingerprint density at radius 3 is 2.50 bits per heavy atom. The highest BCUT2D eigenvalue weighted by Crippen LogP contribution is 2.21. The first kappa shape index (κ1) is 16.4. The van der Waals surface area contributed by atoms with Gasteiger partial charge in [0, 0.05) is 24.1 Å². The largest absolute Gasteiger partial charge is 0.466 e. The zero-order valence-electron chi connectivity index (χ0n) is 12.9. The zero-order valence-corrected chi connectivity index (χ0v) is 12.9. The van der Waals surface area contributed by atoms with Crippen molar-refractivity contribution in [3.63, 3.8) is 0 Å². The molecule has 0 saturated carbocycles. The molecule has 0 amide bonds. The fourth-order valence-corrected chi connectivity index (χ4v) is 2.07. The minimum atomic E-state index is -0.239. The molecule has 0 aliphatic rings. The number of benzene rings is 1. The van der Waals surface area contributed by atoms with Crippen LogP contribution in [0, 0.1) is 0 Å². The number of nitrogens with one attached hydrogen (secondary N) is 1. The van der Waals surface area contributed by atoms with E-state index in [0.29, 0.717) is 13.0 Å². The van der Waals surface area contributed by atoms with Crippen molar-refractivity contribution >= 4 is 5.97 Å². The van der Waals surface area contributed by atoms with Crippen molar-refractivity contribution in [2.45, 2.75) is 32.6 Å². The maximum atomic E-state index is 11.4. The van der Waals surface area contributed by atoms with Gasteiger partial charge in [0.1, 0.15) is 0 Å². The highest BCUT2D eigenvalue weighted by molar-refractivity contribution is 5.88. The first-order valence-corrected chi connectivity index (χ1v) is 7.05. The Balaban J connectivity index is 2.52. The number of hydrogen-bond donors (Lipinski definition) is 1. The standard InChI is InChI=1S/C17H25NO2/c1-5-14(16(19)20-4)11-12-18-13-17(2,3)15-9-7-6-8-10-15/h6-11,18H,5,12-13H2,1-4H3/b14-11-. The molecule has 0 spiro atoms. The SMILES string of the molecule is CC/C(=C/CNCC(C)(C)c1ccccc1)C(=O)OC. The van der Waals surface area contributed by atoms with Crippen LogP contribution in [-0.4, -0.2) is 26.2 Å². The van der Waals surface area contributed by atoms with Crippen molar-refractivity contribution < 1.29 is 9.53 Å². The van der Waals surface area contributed by atoms with Crippen molar-refractivity contribution in [3.05, 3.63) is 47.5 Å². The zero-order chi connectivity index (χ0) is 15.0. The molecule has 0 bridgehead atoms. The summed E-state index contributed by atoms with van der Waals surface area (Å²) in [7, 11) is 1.41. The van der Waals surface area contributed by atoms with Gasteiger partial charge in [-0.1, -0.05) is 57.2 Å². The molecule has 20 heavy (non-hydrogen) atoms. The Bertz CT molecular complexity index is 449. The molecule has 0 atom stereocenters. The summed E-state index contributed by atoms with van der Waals surface area (Å²) in [5.41, 5.74) is 2.09. The molecule has 0 aliphatic heterocycles. The van der Waals surface area contributed by atoms with Crippen LogP contribution < -0.4 is 5.32 Å². The normalized spacial score (nSPS) is 12.3. The predicted octanol–water partition coefficient (Wildman–Crippen LogP) is 3.06. The summed E-state index contributed by atoms with van der Waals surface area (Å²) in [6.07, 6.45) is 2.60. The van der Waals surface area contributed by atoms with Crippen LogP contribution >= 0.6 is 0 Å². The Kier molecular flexibility index (Phi) is 6.46. The maximum absolute atomic E-state index is 11.4. The van der Waals surface area contributed by atoms with Crippen LogP contribution in [0.5, 0.6) is 0 Å². The van der Waals surface area contributed by atoms with E-state index in [1.807, 2.05) is 19.1 Å². The third kappa shape index (κ3) is 4.82. The first-order chi connectivity index (χ1) is 9.51. The predicted molar refractivity (Wildman–Crippen MR) is 82.7 cm³/mol. The Morgan fingerprint density at radius 1 is 1.30 bits per heavy atom. The van der Waals surface area contributed by atoms with Gasteiger partial charge < -0.3 is 10.1 Å². The smallest absolute Gasteiger partial charge is 0.333 e. The van der Waals surface area contributed by atoms with E-state index in [1.165, 1.54) is 12.7 Å². The van der Waals surface area contributed by atoms with E-state index < -0.39 is 0 Å². The Hall–Kier alpha value is -1.61. The number of carbonyl (C=O) groups excluding carboxylic acids is 1. The molecule has 0 aliphatic carbocycles. The number of hydrogen-bond acceptors (Lipinski definition) is 3. The molecule has 0 aromatic heterocycles. The molecule has 3 heteroatoms. The molecular weight excluding hydrogens is 250 g/mol. The second-order valence-electron chi connectivity index (χ2n) is 5.46. The molecule has 3 nitrogen and oxygen atoms in total. The third-order valence-electron chi connectivity index (χ3n) is 3.44. The number of esters is 1. The highest BCUT2D eigenvalue weighted by Gasteiger charge is 2.19. The van der Waals surface area contributed by atoms with Gasteiger partial charge in [0.05, 0.1) is 7.11 Å². The maximum Gasteiger partial charge on any atom is 0.333 e. The van der Waals surface area contributed by atoms with Crippen molar-refractivity contribution in [2.24, 2.45) is 0 Å². The molecule has 1 rings (SSSR count). The quantitative estimate of drug-likeness (QED) is 0.472. The number of methoxy groups -OCH3 is 1. The van der Waals surface area contributed by atoms with E-state index in [2.05, 4.69) is 43.4 Å². The van der Waals surface area contributed by atoms with E-state index in [4.69, 9.17) is 4.74 Å². The lowest BCUT2D eigenvalue weighted by Gasteiger charge is -2.25. The van der Waals surface area contributed by atoms with Crippen LogP contribution in [0.3, 0.4) is 0 Å². The second-order valence-corrected chi connectivity index (χ2v) is 5.46. The number of ether oxygens (including phenoxy) is 1. The molecule has 1 aromatic rings. The fourth-order valence-electron chi connectivity index (χ4n) is 2.07. The van der Waals surface area contributed by atoms with Crippen LogP contribution in [-0.2, 0) is 14.9 Å². The molecule has 1 N–H and O–H groups in total. The molecule has 0 heterocycles. The third-order valence-corrected chi connectivity index (χ3v) is 3.44. The minimum absolute atomic E-state index is 0.0622. The number of carbonyl (C=O) groups is 1. The van der Waals surface area contributed by atoms with Gasteiger partial charge in [-0.3, -0.25) is 0 Å². The van der Waals surface area contributed by atoms with Gasteiger partial charge in [-0.25, -0.2) is 4.79 Å². The minimum Gasteiger partial charge on any atom is -0.466 e. The summed E-state index contributed by atoms with van der Waals surface area (Å²) in [6.45, 7) is 7.90. The van der Waals surface area contributed by atoms with Gasteiger partial charge in [-0.2, -0.15) is 0 Å². The van der Waals surface area contributed by atoms with Gasteiger partial charge in [0.2, 0.25) is 0 Å². The highest BCUT2D eigenvalue weighted by atomic mass is 16.5. The lowest BCUT2D eigenvalue weighted by Crippen LogP contribution is -2.33. The van der Waals surface area contributed by atoms with E-state index >= 15 is 0 Å². The van der Waals surface area contributed by atoms with Crippen LogP contribution in [0.15, 0.2) is 42.0 Å². The summed E-state index contributed by atoms with van der Waals surface area (Å²) in [5.74, 6) is -0.239. The molecule has 0 unspecified atom stereocenters. The van der Waals surface area contributed by atoms with Gasteiger partial charge in [0.25, 0.3) is 0 Å². The fraction of sp³-hybridized carbons (Fsp3) is 0.471. The topological polar surface area (TPSA) is 38.3 Å². The van der Waals surface area contributed by atoms with Gasteiger partial charge in [0.15, 0.2) is 0 Å². The summed E-state index contributed by atoms with van der Waals surface area (Å²) >= 11 is 0. The average molecular weight is 275 g/mol. The summed E-state index contributed by atoms with van der Waals surface area (Å²) < 4.78 is 4.74. The Morgan fingerprint density at radius 2 is 1.95 bits per heavy atom. The van der Waals surface area contributed by atoms with E-state index in [1.54, 1.807) is 0 Å². The average Bonchev–Trinajstić information content (AvgIpc) is 2.47. The summed E-state index contributed by atoms with van der Waals surface area (Å²) in [6, 6.07) is 10.4. The van der Waals surface area contributed by atoms with Crippen molar-refractivity contribution in [1.82, 2.24) is 5.32 Å². The molecule has 0 radical (unpaired) electrons. The first-order valence-electron chi connectivity index (χ1n) is 7.05. The van der Waals surface area contributed by atoms with Gasteiger partial charge in [-0.15, -0.1) is 0 Å². The summed E-state index contributed by atoms with van der Waals surface area (Å²) in [4.78, 5) is 11.4. The van der Waals surface area contributed by atoms with Crippen LogP contribution in [0.1, 0.15) is 32.8 Å². The van der Waals surface area contributed by atoms with E-state index in [9.17, 15) is 4.79 Å². The van der Waals surface area contributed by atoms with Gasteiger partial charge in [-0.05, 0) is 12.0 Å². The second kappa shape index (κ2) is 7.85. The Labute approximate surface area is 122 Å². The van der Waals surface area contributed by atoms with Crippen LogP contribution in [0.2, 0.25) is 0 Å². The molecule has 0 saturated heterocycles. The molecule has 0 fully saturated rings. The van der Waals surface area contributed by atoms with Crippen LogP contribution in [0.25, 0.3) is 0 Å². The molecule has 1 aromatic carbocycles. The molecule has 110 valence electrons. The number of rotatable bonds is 7. The van der Waals surface area contributed by atoms with E-state index in [-0.39, 0.29) is 11.4 Å². The summed E-state index contributed by atoms with van der Waals surface area (Å²) in [5, 5.41) is 3.38.